The molecule has 0 amide bonds. The zero-order valence-corrected chi connectivity index (χ0v) is 11.9. The maximum atomic E-state index is 12.9. The van der Waals surface area contributed by atoms with Crippen molar-refractivity contribution in [2.24, 2.45) is 0 Å². The lowest BCUT2D eigenvalue weighted by Crippen LogP contribution is -2.10. The summed E-state index contributed by atoms with van der Waals surface area (Å²) in [5.74, 6) is -0.221. The molecule has 0 aliphatic carbocycles. The van der Waals surface area contributed by atoms with Gasteiger partial charge in [0.2, 0.25) is 0 Å². The molecule has 0 radical (unpaired) electrons. The van der Waals surface area contributed by atoms with Crippen LogP contribution in [0.4, 0.5) is 13.2 Å². The molecule has 7 heteroatoms. The highest BCUT2D eigenvalue weighted by Gasteiger charge is 2.34. The van der Waals surface area contributed by atoms with E-state index in [1.807, 2.05) is 30.3 Å². The van der Waals surface area contributed by atoms with Crippen LogP contribution in [0, 0.1) is 0 Å². The normalized spacial score (nSPS) is 11.4. The Labute approximate surface area is 130 Å². The fourth-order valence-corrected chi connectivity index (χ4v) is 2.12. The fourth-order valence-electron chi connectivity index (χ4n) is 2.12. The van der Waals surface area contributed by atoms with Crippen molar-refractivity contribution in [2.45, 2.75) is 12.8 Å². The maximum absolute atomic E-state index is 12.9. The van der Waals surface area contributed by atoms with E-state index in [1.54, 1.807) is 0 Å². The summed E-state index contributed by atoms with van der Waals surface area (Å²) in [6.07, 6.45) is -3.00. The van der Waals surface area contributed by atoms with Crippen molar-refractivity contribution in [2.75, 3.05) is 0 Å². The molecular formula is C16H12F3N3O. The van der Waals surface area contributed by atoms with Gasteiger partial charge in [0.25, 0.3) is 0 Å². The molecule has 0 atom stereocenters. The summed E-state index contributed by atoms with van der Waals surface area (Å²) < 4.78 is 45.7. The van der Waals surface area contributed by atoms with Crippen molar-refractivity contribution < 1.29 is 17.9 Å². The lowest BCUT2D eigenvalue weighted by Gasteiger charge is -2.14. The Kier molecular flexibility index (Phi) is 4.01. The lowest BCUT2D eigenvalue weighted by atomic mass is 10.2. The number of para-hydroxylation sites is 2. The first-order valence-corrected chi connectivity index (χ1v) is 6.80. The summed E-state index contributed by atoms with van der Waals surface area (Å²) in [6.45, 7) is -0.0744. The molecule has 0 aliphatic heterocycles. The Morgan fingerprint density at radius 1 is 0.957 bits per heavy atom. The van der Waals surface area contributed by atoms with Crippen LogP contribution < -0.4 is 4.74 Å². The Morgan fingerprint density at radius 3 is 2.39 bits per heavy atom. The van der Waals surface area contributed by atoms with Crippen molar-refractivity contribution in [3.8, 4) is 11.4 Å². The SMILES string of the molecule is FC(F)(F)c1ccccc1OCc1cnnn1-c1ccccc1. The van der Waals surface area contributed by atoms with Crippen LogP contribution in [-0.4, -0.2) is 15.0 Å². The summed E-state index contributed by atoms with van der Waals surface area (Å²) in [6, 6.07) is 14.3. The summed E-state index contributed by atoms with van der Waals surface area (Å²) in [4.78, 5) is 0. The zero-order chi connectivity index (χ0) is 16.3. The molecule has 0 saturated carbocycles. The standard InChI is InChI=1S/C16H12F3N3O/c17-16(18,19)14-8-4-5-9-15(14)23-11-13-10-20-21-22(13)12-6-2-1-3-7-12/h1-10H,11H2. The molecule has 3 rings (SSSR count). The number of halogens is 3. The van der Waals surface area contributed by atoms with Gasteiger partial charge in [0, 0.05) is 0 Å². The van der Waals surface area contributed by atoms with Gasteiger partial charge in [-0.2, -0.15) is 13.2 Å². The molecule has 3 aromatic rings. The quantitative estimate of drug-likeness (QED) is 0.733. The van der Waals surface area contributed by atoms with Gasteiger partial charge < -0.3 is 4.74 Å². The summed E-state index contributed by atoms with van der Waals surface area (Å²) in [5, 5.41) is 7.73. The number of ether oxygens (including phenoxy) is 1. The van der Waals surface area contributed by atoms with Gasteiger partial charge in [0.1, 0.15) is 18.1 Å². The molecule has 0 saturated heterocycles. The predicted octanol–water partition coefficient (Wildman–Crippen LogP) is 3.87. The molecular weight excluding hydrogens is 307 g/mol. The van der Waals surface area contributed by atoms with Crippen LogP contribution in [0.1, 0.15) is 11.3 Å². The van der Waals surface area contributed by atoms with Crippen LogP contribution in [0.3, 0.4) is 0 Å². The largest absolute Gasteiger partial charge is 0.487 e. The highest BCUT2D eigenvalue weighted by Crippen LogP contribution is 2.36. The van der Waals surface area contributed by atoms with Crippen molar-refractivity contribution >= 4 is 0 Å². The van der Waals surface area contributed by atoms with E-state index in [2.05, 4.69) is 10.3 Å². The van der Waals surface area contributed by atoms with E-state index < -0.39 is 11.7 Å². The highest BCUT2D eigenvalue weighted by atomic mass is 19.4. The number of rotatable bonds is 4. The van der Waals surface area contributed by atoms with E-state index >= 15 is 0 Å². The molecule has 0 bridgehead atoms. The van der Waals surface area contributed by atoms with Gasteiger partial charge in [-0.25, -0.2) is 4.68 Å². The average molecular weight is 319 g/mol. The molecule has 1 aromatic heterocycles. The summed E-state index contributed by atoms with van der Waals surface area (Å²) >= 11 is 0. The second-order valence-electron chi connectivity index (χ2n) is 4.76. The van der Waals surface area contributed by atoms with E-state index in [1.165, 1.54) is 29.1 Å². The van der Waals surface area contributed by atoms with Crippen molar-refractivity contribution in [3.63, 3.8) is 0 Å². The molecule has 0 N–H and O–H groups in total. The van der Waals surface area contributed by atoms with Gasteiger partial charge in [-0.3, -0.25) is 0 Å². The van der Waals surface area contributed by atoms with Crippen LogP contribution in [0.25, 0.3) is 5.69 Å². The van der Waals surface area contributed by atoms with E-state index in [9.17, 15) is 13.2 Å². The van der Waals surface area contributed by atoms with E-state index in [0.717, 1.165) is 11.8 Å². The monoisotopic (exact) mass is 319 g/mol. The lowest BCUT2D eigenvalue weighted by molar-refractivity contribution is -0.139. The number of nitrogens with zero attached hydrogens (tertiary/aromatic N) is 3. The Bertz CT molecular complexity index is 785. The first-order chi connectivity index (χ1) is 11.1. The second-order valence-corrected chi connectivity index (χ2v) is 4.76. The average Bonchev–Trinajstić information content (AvgIpc) is 3.02. The molecule has 0 spiro atoms. The van der Waals surface area contributed by atoms with Crippen LogP contribution >= 0.6 is 0 Å². The Morgan fingerprint density at radius 2 is 1.65 bits per heavy atom. The van der Waals surface area contributed by atoms with E-state index in [0.29, 0.717) is 5.69 Å². The maximum Gasteiger partial charge on any atom is 0.419 e. The molecule has 4 nitrogen and oxygen atoms in total. The fraction of sp³-hybridized carbons (Fsp3) is 0.125. The first-order valence-electron chi connectivity index (χ1n) is 6.80. The zero-order valence-electron chi connectivity index (χ0n) is 11.9. The minimum absolute atomic E-state index is 0.0744. The second kappa shape index (κ2) is 6.12. The van der Waals surface area contributed by atoms with Gasteiger partial charge in [0.15, 0.2) is 0 Å². The molecule has 1 heterocycles. The highest BCUT2D eigenvalue weighted by molar-refractivity contribution is 5.36. The summed E-state index contributed by atoms with van der Waals surface area (Å²) in [7, 11) is 0. The number of alkyl halides is 3. The molecule has 0 aliphatic rings. The van der Waals surface area contributed by atoms with Gasteiger partial charge in [0.05, 0.1) is 17.4 Å². The van der Waals surface area contributed by atoms with Crippen molar-refractivity contribution in [1.29, 1.82) is 0 Å². The molecule has 2 aromatic carbocycles. The minimum Gasteiger partial charge on any atom is -0.487 e. The van der Waals surface area contributed by atoms with Gasteiger partial charge in [-0.15, -0.1) is 5.10 Å². The molecule has 0 fully saturated rings. The van der Waals surface area contributed by atoms with Crippen LogP contribution in [-0.2, 0) is 12.8 Å². The third-order valence-electron chi connectivity index (χ3n) is 3.19. The smallest absolute Gasteiger partial charge is 0.419 e. The summed E-state index contributed by atoms with van der Waals surface area (Å²) in [5.41, 5.74) is 0.500. The van der Waals surface area contributed by atoms with Crippen molar-refractivity contribution in [3.05, 3.63) is 72.1 Å². The third kappa shape index (κ3) is 3.33. The van der Waals surface area contributed by atoms with Crippen LogP contribution in [0.2, 0.25) is 0 Å². The van der Waals surface area contributed by atoms with E-state index in [4.69, 9.17) is 4.74 Å². The topological polar surface area (TPSA) is 39.9 Å². The van der Waals surface area contributed by atoms with Crippen LogP contribution in [0.5, 0.6) is 5.75 Å². The molecule has 118 valence electrons. The first kappa shape index (κ1) is 15.1. The Hall–Kier alpha value is -2.83. The molecule has 23 heavy (non-hydrogen) atoms. The van der Waals surface area contributed by atoms with E-state index in [-0.39, 0.29) is 12.4 Å². The third-order valence-corrected chi connectivity index (χ3v) is 3.19. The number of benzene rings is 2. The minimum atomic E-state index is -4.46. The number of hydrogen-bond donors (Lipinski definition) is 0. The van der Waals surface area contributed by atoms with Gasteiger partial charge in [-0.05, 0) is 24.3 Å². The van der Waals surface area contributed by atoms with Gasteiger partial charge in [-0.1, -0.05) is 35.5 Å². The van der Waals surface area contributed by atoms with Crippen LogP contribution in [0.15, 0.2) is 60.8 Å². The van der Waals surface area contributed by atoms with Crippen molar-refractivity contribution in [1.82, 2.24) is 15.0 Å². The number of aromatic nitrogens is 3. The predicted molar refractivity (Wildman–Crippen MR) is 77.1 cm³/mol. The number of hydrogen-bond acceptors (Lipinski definition) is 3. The Balaban J connectivity index is 1.82. The molecule has 0 unspecified atom stereocenters. The van der Waals surface area contributed by atoms with Gasteiger partial charge >= 0.3 is 6.18 Å².